The largest absolute Gasteiger partial charge is 0.370 e. The zero-order valence-corrected chi connectivity index (χ0v) is 10.1. The standard InChI is InChI=1S/C10H18N6/c1-5-6(2)14-10(12)16-8(4)7(3)15-9(11)13-5/h5,7,12H,1-4H3,(H3,11,13,15)/b12-10?,14-6-,16-8-. The quantitative estimate of drug-likeness (QED) is 0.557. The Morgan fingerprint density at radius 3 is 2.38 bits per heavy atom. The van der Waals surface area contributed by atoms with Crippen molar-refractivity contribution in [3.05, 3.63) is 0 Å². The topological polar surface area (TPSA) is 99.0 Å². The number of hydrogen-bond acceptors (Lipinski definition) is 4. The van der Waals surface area contributed by atoms with Gasteiger partial charge in [0.25, 0.3) is 0 Å². The van der Waals surface area contributed by atoms with E-state index in [0.717, 1.165) is 11.4 Å². The van der Waals surface area contributed by atoms with E-state index < -0.39 is 0 Å². The molecular formula is C10H18N6. The third kappa shape index (κ3) is 3.15. The van der Waals surface area contributed by atoms with E-state index in [-0.39, 0.29) is 18.0 Å². The van der Waals surface area contributed by atoms with Crippen molar-refractivity contribution in [1.82, 2.24) is 5.32 Å². The van der Waals surface area contributed by atoms with Crippen LogP contribution >= 0.6 is 0 Å². The molecule has 0 saturated carbocycles. The number of nitrogens with one attached hydrogen (secondary N) is 2. The lowest BCUT2D eigenvalue weighted by molar-refractivity contribution is 0.814. The van der Waals surface area contributed by atoms with Gasteiger partial charge in [-0.1, -0.05) is 0 Å². The molecule has 0 spiro atoms. The van der Waals surface area contributed by atoms with Crippen molar-refractivity contribution < 1.29 is 0 Å². The van der Waals surface area contributed by atoms with Gasteiger partial charge in [0.1, 0.15) is 0 Å². The molecule has 1 aliphatic heterocycles. The summed E-state index contributed by atoms with van der Waals surface area (Å²) in [5.74, 6) is 0.378. The van der Waals surface area contributed by atoms with E-state index in [1.807, 2.05) is 27.7 Å². The summed E-state index contributed by atoms with van der Waals surface area (Å²) >= 11 is 0. The number of nitrogens with zero attached hydrogens (tertiary/aromatic N) is 3. The predicted molar refractivity (Wildman–Crippen MR) is 67.6 cm³/mol. The van der Waals surface area contributed by atoms with Gasteiger partial charge >= 0.3 is 0 Å². The Morgan fingerprint density at radius 1 is 1.19 bits per heavy atom. The monoisotopic (exact) mass is 222 g/mol. The summed E-state index contributed by atoms with van der Waals surface area (Å²) in [6, 6.07) is -0.196. The minimum absolute atomic E-state index is 0.00571. The molecule has 6 heteroatoms. The van der Waals surface area contributed by atoms with Crippen LogP contribution in [0.25, 0.3) is 0 Å². The van der Waals surface area contributed by atoms with Crippen LogP contribution < -0.4 is 11.1 Å². The number of aliphatic imine (C=N–C) groups is 3. The Labute approximate surface area is 95.3 Å². The van der Waals surface area contributed by atoms with Crippen molar-refractivity contribution in [2.75, 3.05) is 0 Å². The molecule has 0 amide bonds. The summed E-state index contributed by atoms with van der Waals surface area (Å²) in [6.07, 6.45) is 0. The molecule has 0 saturated heterocycles. The minimum Gasteiger partial charge on any atom is -0.370 e. The average Bonchev–Trinajstić information content (AvgIpc) is 2.15. The molecule has 6 nitrogen and oxygen atoms in total. The maximum Gasteiger partial charge on any atom is 0.241 e. The number of nitrogens with two attached hydrogens (primary N) is 1. The Morgan fingerprint density at radius 2 is 1.75 bits per heavy atom. The lowest BCUT2D eigenvalue weighted by atomic mass is 10.2. The normalized spacial score (nSPS) is 34.0. The summed E-state index contributed by atoms with van der Waals surface area (Å²) in [4.78, 5) is 12.4. The van der Waals surface area contributed by atoms with E-state index in [0.29, 0.717) is 5.96 Å². The second kappa shape index (κ2) is 4.87. The van der Waals surface area contributed by atoms with Gasteiger partial charge in [-0.15, -0.1) is 0 Å². The Kier molecular flexibility index (Phi) is 3.76. The van der Waals surface area contributed by atoms with Crippen LogP contribution in [0.1, 0.15) is 27.7 Å². The smallest absolute Gasteiger partial charge is 0.241 e. The van der Waals surface area contributed by atoms with Crippen molar-refractivity contribution in [3.8, 4) is 0 Å². The fourth-order valence-electron chi connectivity index (χ4n) is 1.21. The first-order valence-corrected chi connectivity index (χ1v) is 5.19. The first-order valence-electron chi connectivity index (χ1n) is 5.19. The molecule has 0 aromatic heterocycles. The van der Waals surface area contributed by atoms with Crippen LogP contribution in [0, 0.1) is 5.41 Å². The SMILES string of the molecule is C/C1=N/C(=N)/N=C(/C)C(C)NC(N)=NC1C. The average molecular weight is 222 g/mol. The second-order valence-corrected chi connectivity index (χ2v) is 3.89. The first kappa shape index (κ1) is 12.4. The van der Waals surface area contributed by atoms with E-state index in [1.165, 1.54) is 0 Å². The molecule has 1 heterocycles. The van der Waals surface area contributed by atoms with Crippen molar-refractivity contribution in [2.45, 2.75) is 39.8 Å². The third-order valence-electron chi connectivity index (χ3n) is 2.49. The third-order valence-corrected chi connectivity index (χ3v) is 2.49. The molecule has 0 fully saturated rings. The van der Waals surface area contributed by atoms with E-state index in [4.69, 9.17) is 11.1 Å². The van der Waals surface area contributed by atoms with Gasteiger partial charge in [-0.05, 0) is 27.7 Å². The highest BCUT2D eigenvalue weighted by molar-refractivity contribution is 6.05. The zero-order chi connectivity index (χ0) is 12.3. The van der Waals surface area contributed by atoms with Crippen LogP contribution in [0.15, 0.2) is 15.0 Å². The van der Waals surface area contributed by atoms with Crippen molar-refractivity contribution >= 4 is 23.3 Å². The molecule has 0 bridgehead atoms. The van der Waals surface area contributed by atoms with Crippen LogP contribution in [0.4, 0.5) is 0 Å². The van der Waals surface area contributed by atoms with Gasteiger partial charge in [0.15, 0.2) is 5.96 Å². The van der Waals surface area contributed by atoms with Gasteiger partial charge in [0.05, 0.1) is 12.1 Å². The molecule has 16 heavy (non-hydrogen) atoms. The fourth-order valence-corrected chi connectivity index (χ4v) is 1.21. The van der Waals surface area contributed by atoms with E-state index >= 15 is 0 Å². The van der Waals surface area contributed by atoms with Crippen LogP contribution in [0.3, 0.4) is 0 Å². The molecule has 2 atom stereocenters. The molecule has 0 aromatic rings. The Hall–Kier alpha value is -1.72. The minimum atomic E-state index is -0.145. The summed E-state index contributed by atoms with van der Waals surface area (Å²) < 4.78 is 0. The van der Waals surface area contributed by atoms with E-state index in [1.54, 1.807) is 0 Å². The lowest BCUT2D eigenvalue weighted by Gasteiger charge is -2.17. The molecule has 1 rings (SSSR count). The number of rotatable bonds is 0. The fraction of sp³-hybridized carbons (Fsp3) is 0.600. The van der Waals surface area contributed by atoms with E-state index in [2.05, 4.69) is 20.3 Å². The molecule has 4 N–H and O–H groups in total. The molecule has 0 radical (unpaired) electrons. The zero-order valence-electron chi connectivity index (χ0n) is 10.1. The van der Waals surface area contributed by atoms with Crippen molar-refractivity contribution in [2.24, 2.45) is 20.7 Å². The lowest BCUT2D eigenvalue weighted by Crippen LogP contribution is -2.43. The Balaban J connectivity index is 3.12. The molecule has 0 aromatic carbocycles. The predicted octanol–water partition coefficient (Wildman–Crippen LogP) is 0.538. The number of guanidine groups is 2. The van der Waals surface area contributed by atoms with Gasteiger partial charge in [0.2, 0.25) is 5.96 Å². The molecular weight excluding hydrogens is 204 g/mol. The van der Waals surface area contributed by atoms with Crippen LogP contribution in [0.5, 0.6) is 0 Å². The molecule has 88 valence electrons. The highest BCUT2D eigenvalue weighted by atomic mass is 15.1. The molecule has 1 aliphatic rings. The maximum absolute atomic E-state index is 7.60. The summed E-state index contributed by atoms with van der Waals surface area (Å²) in [6.45, 7) is 7.43. The van der Waals surface area contributed by atoms with Gasteiger partial charge in [-0.25, -0.2) is 15.0 Å². The molecule has 0 aliphatic carbocycles. The van der Waals surface area contributed by atoms with Gasteiger partial charge < -0.3 is 11.1 Å². The Bertz CT molecular complexity index is 379. The summed E-state index contributed by atoms with van der Waals surface area (Å²) in [5, 5.41) is 10.6. The van der Waals surface area contributed by atoms with Crippen LogP contribution in [0.2, 0.25) is 0 Å². The molecule has 2 unspecified atom stereocenters. The summed E-state index contributed by atoms with van der Waals surface area (Å²) in [5.41, 5.74) is 7.22. The second-order valence-electron chi connectivity index (χ2n) is 3.89. The highest BCUT2D eigenvalue weighted by Crippen LogP contribution is 1.99. The summed E-state index contributed by atoms with van der Waals surface area (Å²) in [7, 11) is 0. The van der Waals surface area contributed by atoms with Gasteiger partial charge in [0, 0.05) is 11.4 Å². The first-order chi connectivity index (χ1) is 7.40. The van der Waals surface area contributed by atoms with Gasteiger partial charge in [-0.2, -0.15) is 0 Å². The van der Waals surface area contributed by atoms with Gasteiger partial charge in [-0.3, -0.25) is 5.41 Å². The van der Waals surface area contributed by atoms with Crippen LogP contribution in [-0.2, 0) is 0 Å². The van der Waals surface area contributed by atoms with Crippen molar-refractivity contribution in [3.63, 3.8) is 0 Å². The van der Waals surface area contributed by atoms with Crippen molar-refractivity contribution in [1.29, 1.82) is 5.41 Å². The highest BCUT2D eigenvalue weighted by Gasteiger charge is 2.12. The van der Waals surface area contributed by atoms with E-state index in [9.17, 15) is 0 Å². The maximum atomic E-state index is 7.60. The number of hydrogen-bond donors (Lipinski definition) is 3. The van der Waals surface area contributed by atoms with Crippen LogP contribution in [-0.4, -0.2) is 35.4 Å².